The van der Waals surface area contributed by atoms with Gasteiger partial charge in [-0.3, -0.25) is 13.9 Å². The SMILES string of the molecule is CC[C@H](C(=O)N[C@@H](C)CC)N(Cc1ccc(Cl)c(Cl)c1)C(=O)CN(c1ccc(Cl)c(Cl)c1)S(=O)(=O)c1ccc(C)cc1. The summed E-state index contributed by atoms with van der Waals surface area (Å²) in [6, 6.07) is 14.5. The number of amides is 2. The van der Waals surface area contributed by atoms with Crippen LogP contribution in [0.3, 0.4) is 0 Å². The van der Waals surface area contributed by atoms with E-state index in [2.05, 4.69) is 5.32 Å². The number of anilines is 1. The number of hydrogen-bond acceptors (Lipinski definition) is 4. The molecule has 3 aromatic carbocycles. The molecule has 0 aromatic heterocycles. The van der Waals surface area contributed by atoms with Gasteiger partial charge in [0.1, 0.15) is 12.6 Å². The minimum Gasteiger partial charge on any atom is -0.352 e. The van der Waals surface area contributed by atoms with Gasteiger partial charge in [0.25, 0.3) is 10.0 Å². The number of benzene rings is 3. The lowest BCUT2D eigenvalue weighted by Crippen LogP contribution is -2.53. The van der Waals surface area contributed by atoms with Crippen molar-refractivity contribution in [3.05, 3.63) is 91.9 Å². The van der Waals surface area contributed by atoms with Gasteiger partial charge in [0.15, 0.2) is 0 Å². The Morgan fingerprint density at radius 1 is 0.833 bits per heavy atom. The predicted molar refractivity (Wildman–Crippen MR) is 171 cm³/mol. The predicted octanol–water partition coefficient (Wildman–Crippen LogP) is 7.53. The van der Waals surface area contributed by atoms with Gasteiger partial charge in [0.05, 0.1) is 30.7 Å². The van der Waals surface area contributed by atoms with Crippen LogP contribution in [0.5, 0.6) is 0 Å². The summed E-state index contributed by atoms with van der Waals surface area (Å²) in [4.78, 5) is 28.9. The van der Waals surface area contributed by atoms with Crippen LogP contribution in [0.1, 0.15) is 44.7 Å². The summed E-state index contributed by atoms with van der Waals surface area (Å²) < 4.78 is 28.9. The van der Waals surface area contributed by atoms with Crippen LogP contribution < -0.4 is 9.62 Å². The standard InChI is InChI=1S/C30H33Cl4N3O4S/c1-5-20(4)35-30(39)28(6-2)36(17-21-9-13-24(31)26(33)15-21)29(38)18-37(22-10-14-25(32)27(34)16-22)42(40,41)23-11-7-19(3)8-12-23/h7-16,20,28H,5-6,17-18H2,1-4H3,(H,35,39)/t20-,28+/m0/s1. The molecule has 0 fully saturated rings. The van der Waals surface area contributed by atoms with Crippen LogP contribution in [0.25, 0.3) is 0 Å². The van der Waals surface area contributed by atoms with E-state index in [-0.39, 0.29) is 50.6 Å². The number of carbonyl (C=O) groups excluding carboxylic acids is 2. The largest absolute Gasteiger partial charge is 0.352 e. The Morgan fingerprint density at radius 2 is 1.43 bits per heavy atom. The maximum atomic E-state index is 14.1. The first-order valence-electron chi connectivity index (χ1n) is 13.4. The highest BCUT2D eigenvalue weighted by Crippen LogP contribution is 2.31. The van der Waals surface area contributed by atoms with Crippen molar-refractivity contribution in [1.82, 2.24) is 10.2 Å². The van der Waals surface area contributed by atoms with E-state index in [0.717, 1.165) is 9.87 Å². The zero-order chi connectivity index (χ0) is 31.2. The first kappa shape index (κ1) is 34.0. The highest BCUT2D eigenvalue weighted by molar-refractivity contribution is 7.92. The Labute approximate surface area is 267 Å². The molecule has 7 nitrogen and oxygen atoms in total. The quantitative estimate of drug-likeness (QED) is 0.216. The van der Waals surface area contributed by atoms with Crippen LogP contribution in [0, 0.1) is 6.92 Å². The Hall–Kier alpha value is -2.49. The molecule has 2 amide bonds. The van der Waals surface area contributed by atoms with Gasteiger partial charge < -0.3 is 10.2 Å². The maximum Gasteiger partial charge on any atom is 0.264 e. The Balaban J connectivity index is 2.10. The zero-order valence-electron chi connectivity index (χ0n) is 23.7. The molecule has 2 atom stereocenters. The van der Waals surface area contributed by atoms with Crippen LogP contribution in [0.2, 0.25) is 20.1 Å². The van der Waals surface area contributed by atoms with Crippen molar-refractivity contribution in [1.29, 1.82) is 0 Å². The number of nitrogens with one attached hydrogen (secondary N) is 1. The number of carbonyl (C=O) groups is 2. The second-order valence-corrected chi connectivity index (χ2v) is 13.4. The second-order valence-electron chi connectivity index (χ2n) is 9.94. The molecular formula is C30H33Cl4N3O4S. The smallest absolute Gasteiger partial charge is 0.264 e. The third-order valence-electron chi connectivity index (χ3n) is 6.80. The van der Waals surface area contributed by atoms with Crippen molar-refractivity contribution in [3.63, 3.8) is 0 Å². The molecule has 0 radical (unpaired) electrons. The molecule has 1 N–H and O–H groups in total. The molecule has 0 aliphatic heterocycles. The molecule has 0 aliphatic carbocycles. The second kappa shape index (κ2) is 14.8. The fourth-order valence-corrected chi connectivity index (χ4v) is 6.22. The van der Waals surface area contributed by atoms with Crippen LogP contribution in [-0.2, 0) is 26.2 Å². The van der Waals surface area contributed by atoms with Crippen molar-refractivity contribution in [2.45, 2.75) is 64.1 Å². The van der Waals surface area contributed by atoms with E-state index in [1.54, 1.807) is 37.3 Å². The molecule has 3 rings (SSSR count). The molecule has 12 heteroatoms. The summed E-state index contributed by atoms with van der Waals surface area (Å²) in [7, 11) is -4.24. The number of nitrogens with zero attached hydrogens (tertiary/aromatic N) is 2. The van der Waals surface area contributed by atoms with E-state index in [1.807, 2.05) is 20.8 Å². The van der Waals surface area contributed by atoms with Crippen molar-refractivity contribution in [2.24, 2.45) is 0 Å². The zero-order valence-corrected chi connectivity index (χ0v) is 27.5. The molecule has 0 bridgehead atoms. The van der Waals surface area contributed by atoms with Gasteiger partial charge in [-0.2, -0.15) is 0 Å². The molecule has 3 aromatic rings. The van der Waals surface area contributed by atoms with E-state index in [4.69, 9.17) is 46.4 Å². The fourth-order valence-electron chi connectivity index (χ4n) is 4.20. The van der Waals surface area contributed by atoms with Gasteiger partial charge >= 0.3 is 0 Å². The van der Waals surface area contributed by atoms with E-state index < -0.39 is 28.5 Å². The van der Waals surface area contributed by atoms with Gasteiger partial charge in [-0.15, -0.1) is 0 Å². The van der Waals surface area contributed by atoms with E-state index >= 15 is 0 Å². The summed E-state index contributed by atoms with van der Waals surface area (Å²) in [6.45, 7) is 6.82. The monoisotopic (exact) mass is 671 g/mol. The summed E-state index contributed by atoms with van der Waals surface area (Å²) in [5.41, 5.74) is 1.64. The van der Waals surface area contributed by atoms with Crippen LogP contribution >= 0.6 is 46.4 Å². The maximum absolute atomic E-state index is 14.1. The normalized spacial score (nSPS) is 12.9. The van der Waals surface area contributed by atoms with E-state index in [9.17, 15) is 18.0 Å². The van der Waals surface area contributed by atoms with Crippen molar-refractivity contribution < 1.29 is 18.0 Å². The number of hydrogen-bond donors (Lipinski definition) is 1. The molecule has 226 valence electrons. The average molecular weight is 673 g/mol. The third kappa shape index (κ3) is 8.32. The lowest BCUT2D eigenvalue weighted by atomic mass is 10.1. The first-order valence-corrected chi connectivity index (χ1v) is 16.3. The van der Waals surface area contributed by atoms with Crippen LogP contribution in [0.4, 0.5) is 5.69 Å². The Morgan fingerprint density at radius 3 is 1.98 bits per heavy atom. The van der Waals surface area contributed by atoms with Gasteiger partial charge in [0, 0.05) is 12.6 Å². The van der Waals surface area contributed by atoms with Crippen molar-refractivity contribution in [3.8, 4) is 0 Å². The molecule has 0 saturated heterocycles. The van der Waals surface area contributed by atoms with Crippen molar-refractivity contribution in [2.75, 3.05) is 10.8 Å². The van der Waals surface area contributed by atoms with Gasteiger partial charge in [-0.1, -0.05) is 84.0 Å². The van der Waals surface area contributed by atoms with Gasteiger partial charge in [0.2, 0.25) is 11.8 Å². The van der Waals surface area contributed by atoms with Crippen molar-refractivity contribution >= 4 is 73.9 Å². The highest BCUT2D eigenvalue weighted by atomic mass is 35.5. The fraction of sp³-hybridized carbons (Fsp3) is 0.333. The molecule has 0 heterocycles. The molecule has 0 saturated carbocycles. The van der Waals surface area contributed by atoms with Crippen LogP contribution in [0.15, 0.2) is 65.6 Å². The molecular weight excluding hydrogens is 640 g/mol. The van der Waals surface area contributed by atoms with Gasteiger partial charge in [-0.25, -0.2) is 8.42 Å². The summed E-state index contributed by atoms with van der Waals surface area (Å²) in [5, 5.41) is 3.92. The number of halogens is 4. The highest BCUT2D eigenvalue weighted by Gasteiger charge is 2.34. The minimum atomic E-state index is -4.24. The Kier molecular flexibility index (Phi) is 12.0. The van der Waals surface area contributed by atoms with Crippen LogP contribution in [-0.4, -0.2) is 43.8 Å². The lowest BCUT2D eigenvalue weighted by Gasteiger charge is -2.34. The van der Waals surface area contributed by atoms with E-state index in [1.165, 1.54) is 35.2 Å². The molecule has 0 unspecified atom stereocenters. The van der Waals surface area contributed by atoms with Gasteiger partial charge in [-0.05, 0) is 74.7 Å². The summed E-state index contributed by atoms with van der Waals surface area (Å²) in [6.07, 6.45) is 0.982. The Bertz CT molecular complexity index is 1530. The molecule has 42 heavy (non-hydrogen) atoms. The minimum absolute atomic E-state index is 0.00967. The third-order valence-corrected chi connectivity index (χ3v) is 10.1. The number of sulfonamides is 1. The molecule has 0 aliphatic rings. The number of rotatable bonds is 12. The summed E-state index contributed by atoms with van der Waals surface area (Å²) >= 11 is 24.7. The topological polar surface area (TPSA) is 86.8 Å². The number of aryl methyl sites for hydroxylation is 1. The lowest BCUT2D eigenvalue weighted by molar-refractivity contribution is -0.140. The van der Waals surface area contributed by atoms with E-state index in [0.29, 0.717) is 17.0 Å². The average Bonchev–Trinajstić information content (AvgIpc) is 2.95. The summed E-state index contributed by atoms with van der Waals surface area (Å²) in [5.74, 6) is -0.947. The molecule has 0 spiro atoms. The first-order chi connectivity index (χ1) is 19.8.